The summed E-state index contributed by atoms with van der Waals surface area (Å²) in [6, 6.07) is 11.3. The summed E-state index contributed by atoms with van der Waals surface area (Å²) in [5, 5.41) is 3.05. The zero-order valence-electron chi connectivity index (χ0n) is 14.2. The van der Waals surface area contributed by atoms with E-state index in [0.717, 1.165) is 36.4 Å². The Morgan fingerprint density at radius 2 is 1.88 bits per heavy atom. The normalized spacial score (nSPS) is 16.9. The number of amides is 1. The van der Waals surface area contributed by atoms with Crippen LogP contribution in [0, 0.1) is 0 Å². The largest absolute Gasteiger partial charge is 0.468 e. The van der Waals surface area contributed by atoms with Crippen molar-refractivity contribution in [3.63, 3.8) is 0 Å². The molecule has 1 unspecified atom stereocenters. The van der Waals surface area contributed by atoms with Crippen LogP contribution in [-0.4, -0.2) is 55.5 Å². The number of carbonyl (C=O) groups excluding carboxylic acids is 1. The highest BCUT2D eigenvalue weighted by atomic mass is 79.9. The van der Waals surface area contributed by atoms with Crippen molar-refractivity contribution in [2.45, 2.75) is 6.04 Å². The van der Waals surface area contributed by atoms with Gasteiger partial charge in [0.15, 0.2) is 0 Å². The number of nitrogens with zero attached hydrogens (tertiary/aromatic N) is 2. The van der Waals surface area contributed by atoms with Crippen molar-refractivity contribution in [1.82, 2.24) is 15.1 Å². The summed E-state index contributed by atoms with van der Waals surface area (Å²) in [4.78, 5) is 17.1. The number of carbonyl (C=O) groups is 1. The maximum atomic E-state index is 12.4. The van der Waals surface area contributed by atoms with Gasteiger partial charge in [-0.1, -0.05) is 15.9 Å². The van der Waals surface area contributed by atoms with Crippen molar-refractivity contribution in [2.24, 2.45) is 0 Å². The zero-order chi connectivity index (χ0) is 16.9. The molecule has 25 heavy (non-hydrogen) atoms. The molecule has 136 valence electrons. The first-order valence-electron chi connectivity index (χ1n) is 8.13. The summed E-state index contributed by atoms with van der Waals surface area (Å²) in [6.07, 6.45) is 1.69. The lowest BCUT2D eigenvalue weighted by Crippen LogP contribution is -2.48. The van der Waals surface area contributed by atoms with Crippen molar-refractivity contribution < 1.29 is 9.21 Å². The van der Waals surface area contributed by atoms with Crippen LogP contribution in [0.1, 0.15) is 22.2 Å². The molecule has 1 aliphatic rings. The Morgan fingerprint density at radius 1 is 1.20 bits per heavy atom. The number of piperazine rings is 1. The van der Waals surface area contributed by atoms with E-state index in [2.05, 4.69) is 38.1 Å². The second-order valence-electron chi connectivity index (χ2n) is 6.09. The van der Waals surface area contributed by atoms with Crippen LogP contribution in [0.25, 0.3) is 0 Å². The molecule has 0 saturated carbocycles. The molecule has 0 aliphatic carbocycles. The highest BCUT2D eigenvalue weighted by molar-refractivity contribution is 9.10. The van der Waals surface area contributed by atoms with Crippen LogP contribution in [0.15, 0.2) is 51.6 Å². The summed E-state index contributed by atoms with van der Waals surface area (Å²) < 4.78 is 6.58. The van der Waals surface area contributed by atoms with Crippen LogP contribution < -0.4 is 5.32 Å². The number of rotatable bonds is 5. The third kappa shape index (κ3) is 5.31. The molecule has 1 aromatic heterocycles. The molecule has 0 bridgehead atoms. The minimum atomic E-state index is -0.0619. The van der Waals surface area contributed by atoms with E-state index in [1.807, 2.05) is 36.4 Å². The average Bonchev–Trinajstić information content (AvgIpc) is 3.11. The number of hydrogen-bond acceptors (Lipinski definition) is 4. The van der Waals surface area contributed by atoms with E-state index in [1.165, 1.54) is 0 Å². The van der Waals surface area contributed by atoms with Crippen LogP contribution in [0.4, 0.5) is 0 Å². The highest BCUT2D eigenvalue weighted by Gasteiger charge is 2.26. The lowest BCUT2D eigenvalue weighted by molar-refractivity contribution is 0.0851. The number of furan rings is 1. The third-order valence-corrected chi connectivity index (χ3v) is 4.94. The fraction of sp³-hybridized carbons (Fsp3) is 0.389. The molecule has 1 aliphatic heterocycles. The van der Waals surface area contributed by atoms with E-state index in [4.69, 9.17) is 4.42 Å². The van der Waals surface area contributed by atoms with E-state index in [0.29, 0.717) is 12.1 Å². The van der Waals surface area contributed by atoms with Crippen LogP contribution in [-0.2, 0) is 0 Å². The molecule has 1 N–H and O–H groups in total. The fourth-order valence-electron chi connectivity index (χ4n) is 2.92. The van der Waals surface area contributed by atoms with E-state index in [9.17, 15) is 4.79 Å². The number of hydrogen-bond donors (Lipinski definition) is 1. The highest BCUT2D eigenvalue weighted by Crippen LogP contribution is 2.22. The maximum Gasteiger partial charge on any atom is 0.251 e. The maximum absolute atomic E-state index is 12.4. The van der Waals surface area contributed by atoms with Gasteiger partial charge in [0.2, 0.25) is 0 Å². The Kier molecular flexibility index (Phi) is 7.50. The number of nitrogens with one attached hydrogen (secondary N) is 1. The molecule has 1 amide bonds. The lowest BCUT2D eigenvalue weighted by atomic mass is 10.1. The van der Waals surface area contributed by atoms with Gasteiger partial charge in [-0.3, -0.25) is 9.69 Å². The summed E-state index contributed by atoms with van der Waals surface area (Å²) >= 11 is 3.39. The van der Waals surface area contributed by atoms with E-state index in [1.54, 1.807) is 6.26 Å². The standard InChI is InChI=1S/C18H22BrN3O2.ClH/c1-21-8-10-22(11-9-21)16(17-3-2-12-24-17)13-20-18(23)14-4-6-15(19)7-5-14;/h2-7,12,16H,8-11,13H2,1H3,(H,20,23);1H. The first-order valence-corrected chi connectivity index (χ1v) is 8.92. The number of halogens is 2. The van der Waals surface area contributed by atoms with Gasteiger partial charge >= 0.3 is 0 Å². The molecule has 5 nitrogen and oxygen atoms in total. The second-order valence-corrected chi connectivity index (χ2v) is 7.00. The molecule has 2 heterocycles. The molecule has 7 heteroatoms. The van der Waals surface area contributed by atoms with Gasteiger partial charge in [0.25, 0.3) is 5.91 Å². The fourth-order valence-corrected chi connectivity index (χ4v) is 3.18. The predicted molar refractivity (Wildman–Crippen MR) is 104 cm³/mol. The van der Waals surface area contributed by atoms with Crippen molar-refractivity contribution >= 4 is 34.2 Å². The Labute approximate surface area is 162 Å². The Balaban J connectivity index is 0.00000225. The van der Waals surface area contributed by atoms with Crippen molar-refractivity contribution in [1.29, 1.82) is 0 Å². The van der Waals surface area contributed by atoms with Gasteiger partial charge < -0.3 is 14.6 Å². The van der Waals surface area contributed by atoms with Crippen molar-refractivity contribution in [3.05, 3.63) is 58.5 Å². The van der Waals surface area contributed by atoms with Crippen LogP contribution >= 0.6 is 28.3 Å². The molecular weight excluding hydrogens is 406 g/mol. The minimum Gasteiger partial charge on any atom is -0.468 e. The summed E-state index contributed by atoms with van der Waals surface area (Å²) in [6.45, 7) is 4.52. The molecule has 0 radical (unpaired) electrons. The van der Waals surface area contributed by atoms with E-state index < -0.39 is 0 Å². The van der Waals surface area contributed by atoms with Gasteiger partial charge in [-0.25, -0.2) is 0 Å². The van der Waals surface area contributed by atoms with Gasteiger partial charge in [0.05, 0.1) is 12.3 Å². The number of benzene rings is 1. The smallest absolute Gasteiger partial charge is 0.251 e. The Bertz CT molecular complexity index is 655. The zero-order valence-corrected chi connectivity index (χ0v) is 16.6. The minimum absolute atomic E-state index is 0. The van der Waals surface area contributed by atoms with Crippen LogP contribution in [0.3, 0.4) is 0 Å². The predicted octanol–water partition coefficient (Wildman–Crippen LogP) is 3.18. The Morgan fingerprint density at radius 3 is 2.48 bits per heavy atom. The van der Waals surface area contributed by atoms with Crippen LogP contribution in [0.5, 0.6) is 0 Å². The molecule has 3 rings (SSSR count). The van der Waals surface area contributed by atoms with Crippen LogP contribution in [0.2, 0.25) is 0 Å². The third-order valence-electron chi connectivity index (χ3n) is 4.41. The SMILES string of the molecule is CN1CCN(C(CNC(=O)c2ccc(Br)cc2)c2ccco2)CC1.Cl. The van der Waals surface area contributed by atoms with Crippen molar-refractivity contribution in [3.8, 4) is 0 Å². The molecule has 0 spiro atoms. The molecule has 1 saturated heterocycles. The van der Waals surface area contributed by atoms with Gasteiger partial charge in [0.1, 0.15) is 5.76 Å². The second kappa shape index (κ2) is 9.38. The molecule has 2 aromatic rings. The summed E-state index contributed by atoms with van der Waals surface area (Å²) in [5.74, 6) is 0.837. The van der Waals surface area contributed by atoms with Crippen molar-refractivity contribution in [2.75, 3.05) is 39.8 Å². The topological polar surface area (TPSA) is 48.7 Å². The lowest BCUT2D eigenvalue weighted by Gasteiger charge is -2.37. The van der Waals surface area contributed by atoms with Gasteiger partial charge in [-0.05, 0) is 43.4 Å². The molecular formula is C18H23BrClN3O2. The summed E-state index contributed by atoms with van der Waals surface area (Å²) in [5.41, 5.74) is 0.662. The first-order chi connectivity index (χ1) is 11.6. The molecule has 1 fully saturated rings. The van der Waals surface area contributed by atoms with E-state index >= 15 is 0 Å². The van der Waals surface area contributed by atoms with Gasteiger partial charge in [-0.2, -0.15) is 0 Å². The quantitative estimate of drug-likeness (QED) is 0.794. The molecule has 1 aromatic carbocycles. The Hall–Kier alpha value is -1.34. The molecule has 1 atom stereocenters. The summed E-state index contributed by atoms with van der Waals surface area (Å²) in [7, 11) is 2.13. The number of likely N-dealkylation sites (N-methyl/N-ethyl adjacent to an activating group) is 1. The van der Waals surface area contributed by atoms with Gasteiger partial charge in [-0.15, -0.1) is 12.4 Å². The first kappa shape index (κ1) is 20.0. The van der Waals surface area contributed by atoms with Gasteiger partial charge in [0, 0.05) is 42.8 Å². The average molecular weight is 429 g/mol. The monoisotopic (exact) mass is 427 g/mol. The van der Waals surface area contributed by atoms with E-state index in [-0.39, 0.29) is 24.4 Å².